The summed E-state index contributed by atoms with van der Waals surface area (Å²) in [6.07, 6.45) is -0.174. The van der Waals surface area contributed by atoms with Crippen molar-refractivity contribution in [2.24, 2.45) is 0 Å². The van der Waals surface area contributed by atoms with Gasteiger partial charge in [-0.15, -0.1) is 0 Å². The first-order valence-corrected chi connectivity index (χ1v) is 14.0. The quantitative estimate of drug-likeness (QED) is 0.211. The number of carbonyl (C=O) groups excluding carboxylic acids is 2. The van der Waals surface area contributed by atoms with Crippen molar-refractivity contribution < 1.29 is 38.8 Å². The predicted octanol–water partition coefficient (Wildman–Crippen LogP) is 5.21. The third-order valence-electron chi connectivity index (χ3n) is 6.38. The number of ether oxygens (including phenoxy) is 1. The SMILES string of the molecule is CC(C)n1c(/C=C/[C@@H](O)C[C@@H](O)CC(=O)O)c(-c2ccc(F)cc2)c(-c2ccccc2)c1C(=O)NCC(=O)OC(C)(C)C. The number of aliphatic hydroxyl groups excluding tert-OH is 2. The molecule has 4 N–H and O–H groups in total. The molecule has 0 aliphatic carbocycles. The van der Waals surface area contributed by atoms with E-state index in [0.717, 1.165) is 0 Å². The summed E-state index contributed by atoms with van der Waals surface area (Å²) in [5, 5.41) is 32.3. The van der Waals surface area contributed by atoms with E-state index in [-0.39, 0.29) is 24.7 Å². The molecule has 3 rings (SSSR count). The van der Waals surface area contributed by atoms with Gasteiger partial charge in [-0.3, -0.25) is 14.4 Å². The highest BCUT2D eigenvalue weighted by atomic mass is 19.1. The minimum atomic E-state index is -1.26. The second-order valence-electron chi connectivity index (χ2n) is 11.5. The van der Waals surface area contributed by atoms with E-state index >= 15 is 0 Å². The summed E-state index contributed by atoms with van der Waals surface area (Å²) in [6.45, 7) is 8.56. The largest absolute Gasteiger partial charge is 0.481 e. The number of nitrogens with zero attached hydrogens (tertiary/aromatic N) is 1. The number of aromatic nitrogens is 1. The zero-order chi connectivity index (χ0) is 31.9. The van der Waals surface area contributed by atoms with Crippen LogP contribution < -0.4 is 5.32 Å². The highest BCUT2D eigenvalue weighted by Gasteiger charge is 2.30. The van der Waals surface area contributed by atoms with E-state index in [1.807, 2.05) is 44.2 Å². The molecule has 0 radical (unpaired) electrons. The molecule has 0 saturated heterocycles. The average Bonchev–Trinajstić information content (AvgIpc) is 3.25. The minimum absolute atomic E-state index is 0.216. The Morgan fingerprint density at radius 2 is 1.58 bits per heavy atom. The third-order valence-corrected chi connectivity index (χ3v) is 6.38. The topological polar surface area (TPSA) is 138 Å². The monoisotopic (exact) mass is 594 g/mol. The molecule has 2 aromatic carbocycles. The predicted molar refractivity (Wildman–Crippen MR) is 162 cm³/mol. The molecule has 43 heavy (non-hydrogen) atoms. The fourth-order valence-corrected chi connectivity index (χ4v) is 4.78. The number of carbonyl (C=O) groups is 3. The number of benzene rings is 2. The van der Waals surface area contributed by atoms with Crippen LogP contribution in [0.5, 0.6) is 0 Å². The molecule has 0 fully saturated rings. The lowest BCUT2D eigenvalue weighted by molar-refractivity contribution is -0.153. The zero-order valence-corrected chi connectivity index (χ0v) is 25.0. The number of rotatable bonds is 12. The number of aliphatic hydroxyl groups is 2. The van der Waals surface area contributed by atoms with Crippen molar-refractivity contribution in [3.63, 3.8) is 0 Å². The van der Waals surface area contributed by atoms with Crippen molar-refractivity contribution >= 4 is 23.9 Å². The Kier molecular flexibility index (Phi) is 11.0. The van der Waals surface area contributed by atoms with E-state index < -0.39 is 47.9 Å². The van der Waals surface area contributed by atoms with Crippen molar-refractivity contribution in [1.29, 1.82) is 0 Å². The lowest BCUT2D eigenvalue weighted by Gasteiger charge is -2.20. The molecule has 0 bridgehead atoms. The number of halogens is 1. The fourth-order valence-electron chi connectivity index (χ4n) is 4.78. The molecule has 2 atom stereocenters. The maximum Gasteiger partial charge on any atom is 0.325 e. The van der Waals surface area contributed by atoms with Gasteiger partial charge >= 0.3 is 11.9 Å². The Morgan fingerprint density at radius 3 is 2.14 bits per heavy atom. The molecule has 230 valence electrons. The molecular weight excluding hydrogens is 555 g/mol. The van der Waals surface area contributed by atoms with Gasteiger partial charge in [0.25, 0.3) is 5.91 Å². The second kappa shape index (κ2) is 14.3. The van der Waals surface area contributed by atoms with Crippen LogP contribution in [0.15, 0.2) is 60.7 Å². The summed E-state index contributed by atoms with van der Waals surface area (Å²) in [6, 6.07) is 14.7. The van der Waals surface area contributed by atoms with Gasteiger partial charge < -0.3 is 29.9 Å². The number of hydrogen-bond donors (Lipinski definition) is 4. The maximum atomic E-state index is 14.0. The van der Waals surface area contributed by atoms with Gasteiger partial charge in [0, 0.05) is 29.3 Å². The van der Waals surface area contributed by atoms with Crippen molar-refractivity contribution in [2.45, 2.75) is 71.3 Å². The Hall–Kier alpha value is -4.28. The summed E-state index contributed by atoms with van der Waals surface area (Å²) in [4.78, 5) is 37.3. The van der Waals surface area contributed by atoms with E-state index in [1.54, 1.807) is 43.5 Å². The van der Waals surface area contributed by atoms with Crippen LogP contribution in [0.4, 0.5) is 4.39 Å². The van der Waals surface area contributed by atoms with Crippen LogP contribution in [-0.2, 0) is 14.3 Å². The van der Waals surface area contributed by atoms with E-state index in [2.05, 4.69) is 5.32 Å². The van der Waals surface area contributed by atoms with E-state index in [9.17, 15) is 29.0 Å². The Bertz CT molecular complexity index is 1460. The fraction of sp³-hybridized carbons (Fsp3) is 0.364. The Labute approximate surface area is 250 Å². The van der Waals surface area contributed by atoms with Gasteiger partial charge in [-0.2, -0.15) is 0 Å². The van der Waals surface area contributed by atoms with Crippen molar-refractivity contribution in [1.82, 2.24) is 9.88 Å². The summed E-state index contributed by atoms with van der Waals surface area (Å²) in [5.41, 5.74) is 2.41. The van der Waals surface area contributed by atoms with Crippen LogP contribution in [0.2, 0.25) is 0 Å². The van der Waals surface area contributed by atoms with Crippen molar-refractivity contribution in [3.8, 4) is 22.3 Å². The maximum absolute atomic E-state index is 14.0. The molecule has 0 spiro atoms. The Balaban J connectivity index is 2.24. The van der Waals surface area contributed by atoms with Gasteiger partial charge in [0.2, 0.25) is 0 Å². The zero-order valence-electron chi connectivity index (χ0n) is 25.0. The van der Waals surface area contributed by atoms with Gasteiger partial charge in [0.15, 0.2) is 0 Å². The van der Waals surface area contributed by atoms with Gasteiger partial charge in [0.05, 0.1) is 18.6 Å². The first-order chi connectivity index (χ1) is 20.2. The lowest BCUT2D eigenvalue weighted by Crippen LogP contribution is -2.35. The molecule has 0 unspecified atom stereocenters. The highest BCUT2D eigenvalue weighted by Crippen LogP contribution is 2.42. The smallest absolute Gasteiger partial charge is 0.325 e. The molecule has 0 aliphatic rings. The van der Waals surface area contributed by atoms with E-state index in [1.165, 1.54) is 18.2 Å². The van der Waals surface area contributed by atoms with Gasteiger partial charge in [-0.25, -0.2) is 4.39 Å². The Morgan fingerprint density at radius 1 is 0.977 bits per heavy atom. The highest BCUT2D eigenvalue weighted by molar-refractivity contribution is 6.07. The number of esters is 1. The number of aliphatic carboxylic acids is 1. The standard InChI is InChI=1S/C33H39FN2O7/c1-20(2)36-26(16-15-24(37)17-25(38)18-27(39)40)29(22-11-13-23(34)14-12-22)30(21-9-7-6-8-10-21)31(36)32(42)35-19-28(41)43-33(3,4)5/h6-16,20,24-25,37-38H,17-19H2,1-5H3,(H,35,42)(H,39,40)/b16-15+/t24-,25-/m1/s1. The number of carboxylic acids is 1. The summed E-state index contributed by atoms with van der Waals surface area (Å²) >= 11 is 0. The van der Waals surface area contributed by atoms with Gasteiger partial charge in [-0.1, -0.05) is 48.5 Å². The van der Waals surface area contributed by atoms with Crippen LogP contribution in [0.1, 0.15) is 69.7 Å². The van der Waals surface area contributed by atoms with Gasteiger partial charge in [-0.05, 0) is 64.0 Å². The first kappa shape index (κ1) is 33.2. The van der Waals surface area contributed by atoms with E-state index in [0.29, 0.717) is 27.9 Å². The second-order valence-corrected chi connectivity index (χ2v) is 11.5. The van der Waals surface area contributed by atoms with Gasteiger partial charge in [0.1, 0.15) is 23.7 Å². The third kappa shape index (κ3) is 9.10. The summed E-state index contributed by atoms with van der Waals surface area (Å²) in [7, 11) is 0. The number of hydrogen-bond acceptors (Lipinski definition) is 6. The van der Waals surface area contributed by atoms with Crippen LogP contribution in [0.3, 0.4) is 0 Å². The average molecular weight is 595 g/mol. The summed E-state index contributed by atoms with van der Waals surface area (Å²) < 4.78 is 21.1. The molecule has 0 aliphatic heterocycles. The molecule has 3 aromatic rings. The number of amides is 1. The van der Waals surface area contributed by atoms with E-state index in [4.69, 9.17) is 9.84 Å². The molecule has 1 aromatic heterocycles. The van der Waals surface area contributed by atoms with Crippen molar-refractivity contribution in [2.75, 3.05) is 6.54 Å². The molecule has 0 saturated carbocycles. The molecule has 1 amide bonds. The van der Waals surface area contributed by atoms with Crippen LogP contribution in [0.25, 0.3) is 28.3 Å². The molecular formula is C33H39FN2O7. The minimum Gasteiger partial charge on any atom is -0.481 e. The normalized spacial score (nSPS) is 13.2. The first-order valence-electron chi connectivity index (χ1n) is 14.0. The number of nitrogens with one attached hydrogen (secondary N) is 1. The lowest BCUT2D eigenvalue weighted by atomic mass is 9.94. The molecule has 1 heterocycles. The van der Waals surface area contributed by atoms with Crippen LogP contribution in [-0.4, -0.2) is 62.1 Å². The number of carboxylic acid groups (broad SMARTS) is 1. The van der Waals surface area contributed by atoms with Crippen molar-refractivity contribution in [3.05, 3.63) is 77.9 Å². The molecule has 10 heteroatoms. The van der Waals surface area contributed by atoms with Crippen LogP contribution >= 0.6 is 0 Å². The molecule has 9 nitrogen and oxygen atoms in total. The summed E-state index contributed by atoms with van der Waals surface area (Å²) in [5.74, 6) is -2.78. The van der Waals surface area contributed by atoms with Crippen LogP contribution in [0, 0.1) is 5.82 Å².